The van der Waals surface area contributed by atoms with Gasteiger partial charge in [0.05, 0.1) is 22.7 Å². The van der Waals surface area contributed by atoms with Crippen LogP contribution < -0.4 is 0 Å². The average Bonchev–Trinajstić information content (AvgIpc) is 2.84. The van der Waals surface area contributed by atoms with E-state index >= 15 is 0 Å². The fraction of sp³-hybridized carbons (Fsp3) is 0.263. The van der Waals surface area contributed by atoms with E-state index in [0.29, 0.717) is 11.5 Å². The molecule has 3 aromatic rings. The predicted octanol–water partition coefficient (Wildman–Crippen LogP) is 4.22. The van der Waals surface area contributed by atoms with Gasteiger partial charge < -0.3 is 4.57 Å². The van der Waals surface area contributed by atoms with Crippen molar-refractivity contribution >= 4 is 11.0 Å². The Morgan fingerprint density at radius 1 is 1.14 bits per heavy atom. The molecule has 1 fully saturated rings. The van der Waals surface area contributed by atoms with Crippen molar-refractivity contribution < 1.29 is 0 Å². The highest BCUT2D eigenvalue weighted by Crippen LogP contribution is 2.37. The fourth-order valence-corrected chi connectivity index (χ4v) is 3.16. The third-order valence-corrected chi connectivity index (χ3v) is 4.55. The van der Waals surface area contributed by atoms with Crippen molar-refractivity contribution in [1.29, 1.82) is 5.26 Å². The van der Waals surface area contributed by atoms with Crippen molar-refractivity contribution in [1.82, 2.24) is 9.55 Å². The second kappa shape index (κ2) is 5.31. The van der Waals surface area contributed by atoms with Gasteiger partial charge in [0.2, 0.25) is 0 Å². The van der Waals surface area contributed by atoms with Gasteiger partial charge in [0, 0.05) is 12.5 Å². The first-order valence-corrected chi connectivity index (χ1v) is 7.79. The molecule has 3 heteroatoms. The van der Waals surface area contributed by atoms with Crippen LogP contribution in [-0.2, 0) is 6.54 Å². The van der Waals surface area contributed by atoms with Crippen molar-refractivity contribution in [2.75, 3.05) is 0 Å². The van der Waals surface area contributed by atoms with Crippen molar-refractivity contribution in [3.63, 3.8) is 0 Å². The Balaban J connectivity index is 1.80. The maximum Gasteiger partial charge on any atom is 0.113 e. The molecule has 0 N–H and O–H groups in total. The highest BCUT2D eigenvalue weighted by molar-refractivity contribution is 5.76. The molecule has 3 nitrogen and oxygen atoms in total. The summed E-state index contributed by atoms with van der Waals surface area (Å²) in [6, 6.07) is 18.4. The van der Waals surface area contributed by atoms with Gasteiger partial charge in [0.25, 0.3) is 0 Å². The number of hydrogen-bond donors (Lipinski definition) is 0. The molecule has 0 bridgehead atoms. The van der Waals surface area contributed by atoms with Crippen LogP contribution in [0.5, 0.6) is 0 Å². The van der Waals surface area contributed by atoms with Crippen LogP contribution in [0, 0.1) is 11.3 Å². The largest absolute Gasteiger partial charge is 0.323 e. The zero-order valence-corrected chi connectivity index (χ0v) is 12.4. The van der Waals surface area contributed by atoms with E-state index in [1.165, 1.54) is 30.6 Å². The maximum absolute atomic E-state index is 9.08. The van der Waals surface area contributed by atoms with E-state index in [4.69, 9.17) is 10.2 Å². The zero-order chi connectivity index (χ0) is 14.9. The van der Waals surface area contributed by atoms with Gasteiger partial charge in [-0.15, -0.1) is 0 Å². The van der Waals surface area contributed by atoms with Crippen molar-refractivity contribution in [2.24, 2.45) is 0 Å². The number of nitrogens with zero attached hydrogens (tertiary/aromatic N) is 3. The predicted molar refractivity (Wildman–Crippen MR) is 86.6 cm³/mol. The number of nitriles is 1. The summed E-state index contributed by atoms with van der Waals surface area (Å²) in [5.41, 5.74) is 4.13. The van der Waals surface area contributed by atoms with Gasteiger partial charge in [-0.05, 0) is 42.7 Å². The molecule has 0 atom stereocenters. The molecule has 1 heterocycles. The van der Waals surface area contributed by atoms with Gasteiger partial charge in [0.15, 0.2) is 0 Å². The first-order chi connectivity index (χ1) is 10.8. The first kappa shape index (κ1) is 13.1. The molecule has 1 aromatic heterocycles. The van der Waals surface area contributed by atoms with E-state index in [9.17, 15) is 0 Å². The quantitative estimate of drug-likeness (QED) is 0.723. The van der Waals surface area contributed by atoms with Gasteiger partial charge in [0.1, 0.15) is 5.82 Å². The van der Waals surface area contributed by atoms with Crippen LogP contribution in [0.25, 0.3) is 11.0 Å². The molecule has 0 unspecified atom stereocenters. The molecular weight excluding hydrogens is 270 g/mol. The minimum Gasteiger partial charge on any atom is -0.323 e. The van der Waals surface area contributed by atoms with Crippen LogP contribution in [0.2, 0.25) is 0 Å². The van der Waals surface area contributed by atoms with Crippen LogP contribution in [0.15, 0.2) is 48.5 Å². The molecule has 0 spiro atoms. The van der Waals surface area contributed by atoms with Gasteiger partial charge >= 0.3 is 0 Å². The lowest BCUT2D eigenvalue weighted by Gasteiger charge is -2.25. The number of benzene rings is 2. The standard InChI is InChI=1S/C19H17N3/c20-12-14-5-3-6-15(11-14)13-22-18-10-2-1-9-17(18)21-19(22)16-7-4-8-16/h1-3,5-6,9-11,16H,4,7-8,13H2. The number of imidazole rings is 1. The van der Waals surface area contributed by atoms with Gasteiger partial charge in [-0.1, -0.05) is 30.7 Å². The summed E-state index contributed by atoms with van der Waals surface area (Å²) < 4.78 is 2.33. The molecule has 4 rings (SSSR count). The summed E-state index contributed by atoms with van der Waals surface area (Å²) in [5.74, 6) is 1.79. The number of hydrogen-bond acceptors (Lipinski definition) is 2. The van der Waals surface area contributed by atoms with Gasteiger partial charge in [-0.25, -0.2) is 4.98 Å². The molecule has 108 valence electrons. The molecule has 22 heavy (non-hydrogen) atoms. The zero-order valence-electron chi connectivity index (χ0n) is 12.4. The van der Waals surface area contributed by atoms with E-state index in [1.807, 2.05) is 24.3 Å². The minimum atomic E-state index is 0.589. The van der Waals surface area contributed by atoms with Crippen molar-refractivity contribution in [3.8, 4) is 6.07 Å². The number of fused-ring (bicyclic) bond motifs is 1. The Bertz CT molecular complexity index is 866. The minimum absolute atomic E-state index is 0.589. The van der Waals surface area contributed by atoms with Gasteiger partial charge in [-0.2, -0.15) is 5.26 Å². The third-order valence-electron chi connectivity index (χ3n) is 4.55. The first-order valence-electron chi connectivity index (χ1n) is 7.79. The van der Waals surface area contributed by atoms with Crippen LogP contribution in [0.4, 0.5) is 0 Å². The Morgan fingerprint density at radius 2 is 2.00 bits per heavy atom. The monoisotopic (exact) mass is 287 g/mol. The Kier molecular flexibility index (Phi) is 3.16. The lowest BCUT2D eigenvalue weighted by atomic mass is 9.85. The summed E-state index contributed by atoms with van der Waals surface area (Å²) in [4.78, 5) is 4.87. The second-order valence-electron chi connectivity index (χ2n) is 5.98. The molecule has 0 saturated heterocycles. The van der Waals surface area contributed by atoms with Crippen LogP contribution >= 0.6 is 0 Å². The van der Waals surface area contributed by atoms with E-state index in [-0.39, 0.29) is 0 Å². The maximum atomic E-state index is 9.08. The third kappa shape index (κ3) is 2.17. The normalized spacial score (nSPS) is 14.7. The number of rotatable bonds is 3. The summed E-state index contributed by atoms with van der Waals surface area (Å²) >= 11 is 0. The summed E-state index contributed by atoms with van der Waals surface area (Å²) in [6.45, 7) is 0.780. The fourth-order valence-electron chi connectivity index (χ4n) is 3.16. The lowest BCUT2D eigenvalue weighted by Crippen LogP contribution is -2.16. The summed E-state index contributed by atoms with van der Waals surface area (Å²) in [5, 5.41) is 9.08. The molecule has 2 aromatic carbocycles. The highest BCUT2D eigenvalue weighted by atomic mass is 15.1. The molecule has 0 amide bonds. The lowest BCUT2D eigenvalue weighted by molar-refractivity contribution is 0.392. The van der Waals surface area contributed by atoms with E-state index in [1.54, 1.807) is 0 Å². The molecule has 1 aliphatic rings. The number of para-hydroxylation sites is 2. The van der Waals surface area contributed by atoms with E-state index < -0.39 is 0 Å². The smallest absolute Gasteiger partial charge is 0.113 e. The molecular formula is C19H17N3. The van der Waals surface area contributed by atoms with Crippen LogP contribution in [-0.4, -0.2) is 9.55 Å². The average molecular weight is 287 g/mol. The van der Waals surface area contributed by atoms with Gasteiger partial charge in [-0.3, -0.25) is 0 Å². The summed E-state index contributed by atoms with van der Waals surface area (Å²) in [6.07, 6.45) is 3.78. The van der Waals surface area contributed by atoms with E-state index in [2.05, 4.69) is 34.9 Å². The Labute approximate surface area is 129 Å². The van der Waals surface area contributed by atoms with Crippen molar-refractivity contribution in [2.45, 2.75) is 31.7 Å². The highest BCUT2D eigenvalue weighted by Gasteiger charge is 2.25. The summed E-state index contributed by atoms with van der Waals surface area (Å²) in [7, 11) is 0. The Hall–Kier alpha value is -2.60. The SMILES string of the molecule is N#Cc1cccc(Cn2c(C3CCC3)nc3ccccc32)c1. The molecule has 0 aliphatic heterocycles. The van der Waals surface area contributed by atoms with Crippen LogP contribution in [0.1, 0.15) is 42.1 Å². The topological polar surface area (TPSA) is 41.6 Å². The Morgan fingerprint density at radius 3 is 2.77 bits per heavy atom. The number of aromatic nitrogens is 2. The second-order valence-corrected chi connectivity index (χ2v) is 5.98. The molecule has 1 aliphatic carbocycles. The van der Waals surface area contributed by atoms with Crippen molar-refractivity contribution in [3.05, 3.63) is 65.5 Å². The molecule has 1 saturated carbocycles. The molecule has 0 radical (unpaired) electrons. The van der Waals surface area contributed by atoms with Crippen LogP contribution in [0.3, 0.4) is 0 Å². The van der Waals surface area contributed by atoms with E-state index in [0.717, 1.165) is 17.6 Å².